The molecule has 0 unspecified atom stereocenters. The van der Waals surface area contributed by atoms with Gasteiger partial charge in [0.1, 0.15) is 5.76 Å². The van der Waals surface area contributed by atoms with Gasteiger partial charge in [-0.1, -0.05) is 23.7 Å². The fourth-order valence-electron chi connectivity index (χ4n) is 2.66. The van der Waals surface area contributed by atoms with Crippen LogP contribution in [0.3, 0.4) is 0 Å². The van der Waals surface area contributed by atoms with Gasteiger partial charge in [-0.3, -0.25) is 9.69 Å². The number of rotatable bonds is 4. The highest BCUT2D eigenvalue weighted by molar-refractivity contribution is 6.30. The summed E-state index contributed by atoms with van der Waals surface area (Å²) in [5.41, 5.74) is 1.20. The minimum atomic E-state index is 0.0313. The van der Waals surface area contributed by atoms with E-state index in [0.717, 1.165) is 37.7 Å². The van der Waals surface area contributed by atoms with E-state index in [1.807, 2.05) is 29.2 Å². The number of piperazine rings is 1. The number of furan rings is 1. The standard InChI is InChI=1S/C18H19ClN2O2/c19-16-4-1-3-15(13-16)14-20-8-10-21(11-9-20)18(22)7-6-17-5-2-12-23-17/h1-7,12-13H,8-11,14H2/b7-6+. The maximum Gasteiger partial charge on any atom is 0.246 e. The topological polar surface area (TPSA) is 36.7 Å². The summed E-state index contributed by atoms with van der Waals surface area (Å²) < 4.78 is 5.19. The largest absolute Gasteiger partial charge is 0.465 e. The molecule has 0 atom stereocenters. The lowest BCUT2D eigenvalue weighted by molar-refractivity contribution is -0.127. The summed E-state index contributed by atoms with van der Waals surface area (Å²) in [5.74, 6) is 0.724. The Hall–Kier alpha value is -2.04. The van der Waals surface area contributed by atoms with E-state index in [1.54, 1.807) is 24.5 Å². The van der Waals surface area contributed by atoms with E-state index in [9.17, 15) is 4.79 Å². The van der Waals surface area contributed by atoms with Crippen LogP contribution >= 0.6 is 11.6 Å². The number of halogens is 1. The second-order valence-corrected chi connectivity index (χ2v) is 6.02. The summed E-state index contributed by atoms with van der Waals surface area (Å²) >= 11 is 6.02. The molecule has 2 heterocycles. The zero-order valence-electron chi connectivity index (χ0n) is 12.8. The first-order valence-electron chi connectivity index (χ1n) is 7.68. The Labute approximate surface area is 140 Å². The van der Waals surface area contributed by atoms with Crippen LogP contribution in [0, 0.1) is 0 Å². The number of amides is 1. The maximum absolute atomic E-state index is 12.2. The molecule has 1 aliphatic rings. The quantitative estimate of drug-likeness (QED) is 0.807. The summed E-state index contributed by atoms with van der Waals surface area (Å²) in [6.07, 6.45) is 4.88. The molecule has 0 spiro atoms. The van der Waals surface area contributed by atoms with Crippen LogP contribution in [0.5, 0.6) is 0 Å². The lowest BCUT2D eigenvalue weighted by Crippen LogP contribution is -2.47. The van der Waals surface area contributed by atoms with E-state index in [4.69, 9.17) is 16.0 Å². The number of hydrogen-bond acceptors (Lipinski definition) is 3. The van der Waals surface area contributed by atoms with Gasteiger partial charge in [-0.05, 0) is 35.9 Å². The molecule has 4 nitrogen and oxygen atoms in total. The van der Waals surface area contributed by atoms with Crippen LogP contribution in [-0.2, 0) is 11.3 Å². The zero-order valence-corrected chi connectivity index (χ0v) is 13.6. The Morgan fingerprint density at radius 2 is 2.00 bits per heavy atom. The summed E-state index contributed by atoms with van der Waals surface area (Å²) in [4.78, 5) is 16.4. The molecule has 23 heavy (non-hydrogen) atoms. The van der Waals surface area contributed by atoms with Crippen LogP contribution < -0.4 is 0 Å². The summed E-state index contributed by atoms with van der Waals surface area (Å²) in [7, 11) is 0. The monoisotopic (exact) mass is 330 g/mol. The van der Waals surface area contributed by atoms with Crippen LogP contribution in [0.2, 0.25) is 5.02 Å². The third-order valence-electron chi connectivity index (χ3n) is 3.91. The molecule has 3 rings (SSSR count). The molecule has 1 aromatic heterocycles. The van der Waals surface area contributed by atoms with Gasteiger partial charge in [0, 0.05) is 43.8 Å². The molecule has 0 saturated carbocycles. The smallest absolute Gasteiger partial charge is 0.246 e. The van der Waals surface area contributed by atoms with Crippen LogP contribution in [0.15, 0.2) is 53.2 Å². The average molecular weight is 331 g/mol. The first-order valence-corrected chi connectivity index (χ1v) is 8.06. The zero-order chi connectivity index (χ0) is 16.1. The van der Waals surface area contributed by atoms with Gasteiger partial charge in [0.25, 0.3) is 0 Å². The van der Waals surface area contributed by atoms with Crippen LogP contribution in [0.25, 0.3) is 6.08 Å². The molecule has 1 aliphatic heterocycles. The molecule has 1 fully saturated rings. The molecule has 0 radical (unpaired) electrons. The van der Waals surface area contributed by atoms with Gasteiger partial charge in [0.05, 0.1) is 6.26 Å². The Morgan fingerprint density at radius 1 is 1.17 bits per heavy atom. The summed E-state index contributed by atoms with van der Waals surface area (Å²) in [5, 5.41) is 0.763. The van der Waals surface area contributed by atoms with Crippen molar-refractivity contribution in [2.24, 2.45) is 0 Å². The number of nitrogens with zero attached hydrogens (tertiary/aromatic N) is 2. The third-order valence-corrected chi connectivity index (χ3v) is 4.15. The van der Waals surface area contributed by atoms with Crippen LogP contribution in [0.4, 0.5) is 0 Å². The van der Waals surface area contributed by atoms with Crippen molar-refractivity contribution < 1.29 is 9.21 Å². The normalized spacial score (nSPS) is 16.1. The molecular weight excluding hydrogens is 312 g/mol. The van der Waals surface area contributed by atoms with Gasteiger partial charge < -0.3 is 9.32 Å². The van der Waals surface area contributed by atoms with E-state index in [1.165, 1.54) is 5.56 Å². The molecule has 5 heteroatoms. The molecule has 1 saturated heterocycles. The Balaban J connectivity index is 1.49. The molecule has 120 valence electrons. The highest BCUT2D eigenvalue weighted by Crippen LogP contribution is 2.14. The van der Waals surface area contributed by atoms with E-state index < -0.39 is 0 Å². The van der Waals surface area contributed by atoms with Crippen molar-refractivity contribution in [1.29, 1.82) is 0 Å². The number of benzene rings is 1. The average Bonchev–Trinajstić information content (AvgIpc) is 3.07. The predicted molar refractivity (Wildman–Crippen MR) is 91.1 cm³/mol. The van der Waals surface area contributed by atoms with E-state index in [-0.39, 0.29) is 5.91 Å². The molecular formula is C18H19ClN2O2. The van der Waals surface area contributed by atoms with Crippen LogP contribution in [0.1, 0.15) is 11.3 Å². The fraction of sp³-hybridized carbons (Fsp3) is 0.278. The second-order valence-electron chi connectivity index (χ2n) is 5.58. The molecule has 0 N–H and O–H groups in total. The van der Waals surface area contributed by atoms with Crippen molar-refractivity contribution in [3.63, 3.8) is 0 Å². The van der Waals surface area contributed by atoms with Crippen molar-refractivity contribution >= 4 is 23.6 Å². The summed E-state index contributed by atoms with van der Waals surface area (Å²) in [6.45, 7) is 4.08. The predicted octanol–water partition coefficient (Wildman–Crippen LogP) is 3.29. The Bertz CT molecular complexity index is 674. The Kier molecular flexibility index (Phi) is 5.16. The van der Waals surface area contributed by atoms with Gasteiger partial charge in [-0.25, -0.2) is 0 Å². The van der Waals surface area contributed by atoms with E-state index >= 15 is 0 Å². The van der Waals surface area contributed by atoms with Crippen molar-refractivity contribution in [1.82, 2.24) is 9.80 Å². The number of hydrogen-bond donors (Lipinski definition) is 0. The number of carbonyl (C=O) groups excluding carboxylic acids is 1. The SMILES string of the molecule is O=C(/C=C/c1ccco1)N1CCN(Cc2cccc(Cl)c2)CC1. The highest BCUT2D eigenvalue weighted by atomic mass is 35.5. The fourth-order valence-corrected chi connectivity index (χ4v) is 2.88. The summed E-state index contributed by atoms with van der Waals surface area (Å²) in [6, 6.07) is 11.6. The van der Waals surface area contributed by atoms with Crippen molar-refractivity contribution in [3.8, 4) is 0 Å². The molecule has 0 bridgehead atoms. The maximum atomic E-state index is 12.2. The Morgan fingerprint density at radius 3 is 2.70 bits per heavy atom. The highest BCUT2D eigenvalue weighted by Gasteiger charge is 2.19. The number of carbonyl (C=O) groups is 1. The molecule has 2 aromatic rings. The van der Waals surface area contributed by atoms with Gasteiger partial charge >= 0.3 is 0 Å². The van der Waals surface area contributed by atoms with Gasteiger partial charge in [-0.15, -0.1) is 0 Å². The van der Waals surface area contributed by atoms with Crippen molar-refractivity contribution in [2.45, 2.75) is 6.54 Å². The lowest BCUT2D eigenvalue weighted by atomic mass is 10.2. The third kappa shape index (κ3) is 4.47. The molecule has 0 aliphatic carbocycles. The first-order chi connectivity index (χ1) is 11.2. The van der Waals surface area contributed by atoms with Gasteiger partial charge in [0.2, 0.25) is 5.91 Å². The van der Waals surface area contributed by atoms with Crippen molar-refractivity contribution in [2.75, 3.05) is 26.2 Å². The minimum Gasteiger partial charge on any atom is -0.465 e. The van der Waals surface area contributed by atoms with Gasteiger partial charge in [0.15, 0.2) is 0 Å². The van der Waals surface area contributed by atoms with Crippen LogP contribution in [-0.4, -0.2) is 41.9 Å². The van der Waals surface area contributed by atoms with Gasteiger partial charge in [-0.2, -0.15) is 0 Å². The second kappa shape index (κ2) is 7.49. The van der Waals surface area contributed by atoms with Crippen molar-refractivity contribution in [3.05, 3.63) is 65.1 Å². The minimum absolute atomic E-state index is 0.0313. The van der Waals surface area contributed by atoms with E-state index in [0.29, 0.717) is 5.76 Å². The first kappa shape index (κ1) is 15.8. The van der Waals surface area contributed by atoms with E-state index in [2.05, 4.69) is 11.0 Å². The molecule has 1 aromatic carbocycles. The molecule has 1 amide bonds. The lowest BCUT2D eigenvalue weighted by Gasteiger charge is -2.34.